The van der Waals surface area contributed by atoms with Crippen molar-refractivity contribution in [3.8, 4) is 5.00 Å². The third-order valence-electron chi connectivity index (χ3n) is 22.9. The number of aromatic nitrogens is 2. The molecule has 588 valence electrons. The van der Waals surface area contributed by atoms with Crippen LogP contribution in [0.25, 0.3) is 11.0 Å². The summed E-state index contributed by atoms with van der Waals surface area (Å²) in [6.07, 6.45) is -5.38. The molecule has 10 rings (SSSR count). The number of hydrogen-bond donors (Lipinski definition) is 11. The number of amides is 9. The van der Waals surface area contributed by atoms with Crippen molar-refractivity contribution in [1.82, 2.24) is 18.8 Å². The quantitative estimate of drug-likeness (QED) is 0.0275. The van der Waals surface area contributed by atoms with Gasteiger partial charge in [-0.3, -0.25) is 4.57 Å². The predicted octanol–water partition coefficient (Wildman–Crippen LogP) is 6.05. The van der Waals surface area contributed by atoms with Gasteiger partial charge in [0.25, 0.3) is 7.82 Å². The van der Waals surface area contributed by atoms with Crippen molar-refractivity contribution in [3.05, 3.63) is 125 Å². The van der Waals surface area contributed by atoms with E-state index in [4.69, 9.17) is 63.2 Å². The minimum Gasteiger partial charge on any atom is -0.308 e. The normalized spacial score (nSPS) is 30.0. The van der Waals surface area contributed by atoms with Crippen LogP contribution >= 0.6 is 7.82 Å². The van der Waals surface area contributed by atoms with E-state index in [2.05, 4.69) is 25.9 Å². The van der Waals surface area contributed by atoms with Crippen LogP contribution in [0.15, 0.2) is 128 Å². The third kappa shape index (κ3) is 17.5. The summed E-state index contributed by atoms with van der Waals surface area (Å²) < 4.78 is 33.7. The van der Waals surface area contributed by atoms with Gasteiger partial charge < -0.3 is 39.6 Å². The maximum absolute atomic E-state index is 14.5. The molecule has 17 N–H and O–H groups in total. The number of phosphoric ester groups is 1. The van der Waals surface area contributed by atoms with Crippen molar-refractivity contribution in [2.45, 2.75) is 189 Å². The zero-order valence-electron chi connectivity index (χ0n) is 63.1. The fourth-order valence-corrected chi connectivity index (χ4v) is 19.4. The van der Waals surface area contributed by atoms with E-state index in [1.165, 1.54) is 17.8 Å². The number of benzene rings is 3. The van der Waals surface area contributed by atoms with Crippen LogP contribution in [0.5, 0.6) is 0 Å². The van der Waals surface area contributed by atoms with Gasteiger partial charge in [-0.25, -0.2) is 9.78 Å². The van der Waals surface area contributed by atoms with Gasteiger partial charge in [-0.05, 0) is 61.4 Å². The van der Waals surface area contributed by atoms with Crippen LogP contribution in [0.1, 0.15) is 150 Å². The standard InChI is InChI=1S/C62H90N13O14P.C13H12N2O.CN.Co/c1-29-20-39-40(21-30(29)2)75(28-70-39)57-52(84)53(41(27-76)87-57)89-90(85,86)88-31(3)26-69-49(83)18-19-59(8)37(22-46(66)80)56-62(11)61(10,25-48(68)82)36(14-17-45(65)79)51(74-62)33(5)55-60(9,24-47(67)81)34(12-15-43(63)77)38(71-55)23-42-58(6,7)35(13-16-44(64)78)50(72-42)32(4)54(59)73-56;16-13(14-11-7-3-1-4-8-11)15-12-9-5-2-6-10-12;1-2;/h20-21,23,28,31,34-37,41,52-53,56-57,76,84H,12-19,22,24-27H2,1-11H3,(H15,63,64,65,66,67,68,69,71,72,73,74,77,78,79,80,81,82,83,85,86);1-10H,(H2,14,15,16);;/q;;;+2/p-2/t31?,34-,35-,36-,37+,41-,52-,53-,56-,57+,59-,60+,61+,62+;;;/m1.../s1. The average Bonchev–Trinajstić information content (AvgIpc) is 1.51. The minimum absolute atomic E-state index is 0.0111. The number of carbonyl (C=O) groups excluding carboxylic acids is 8. The number of nitrogens with one attached hydrogen (secondary N) is 3. The number of nitrogens with zero attached hydrogens (tertiary/aromatic N) is 7. The molecule has 8 bridgehead atoms. The van der Waals surface area contributed by atoms with Gasteiger partial charge in [-0.2, -0.15) is 0 Å². The van der Waals surface area contributed by atoms with Crippen LogP contribution in [0, 0.1) is 69.4 Å². The van der Waals surface area contributed by atoms with E-state index >= 15 is 0 Å². The Morgan fingerprint density at radius 1 is 0.743 bits per heavy atom. The van der Waals surface area contributed by atoms with Crippen molar-refractivity contribution in [3.63, 3.8) is 0 Å². The number of hydrogen-bond acceptors (Lipinski definition) is 21. The van der Waals surface area contributed by atoms with Gasteiger partial charge in [0.15, 0.2) is 6.23 Å². The SMILES string of the molecule is C/C1=C2N=C(/C=C3N=C(/C(C)=C4/[C@@H](CCC(N)=O)[C@](C)(CC(N)=O)[C@](C)([C@@H]5N=C1[C@](C)(CCC(=O)NCC(C)OP(=O)([O-])O[C@H]1[C@@H](O)[C@@H](n6cnc7cc(C)c(C)cc76)O[C@@H]1CO)[C@H]5CC(N)=O)[N]4[Co+][C]#N)[C@@](C)(CC(N)=O)[C@@H]\3CCC(N)=O)C(C)(C)[C@@H]/2CCC(N)=O.O=C(Nc1ccccc1)Nc1ccccc1. The van der Waals surface area contributed by atoms with Crippen molar-refractivity contribution < 1.29 is 86.7 Å². The van der Waals surface area contributed by atoms with Gasteiger partial charge in [0, 0.05) is 11.4 Å². The zero-order chi connectivity index (χ0) is 80.2. The van der Waals surface area contributed by atoms with Gasteiger partial charge in [-0.15, -0.1) is 0 Å². The number of phosphoric acid groups is 1. The van der Waals surface area contributed by atoms with E-state index in [-0.39, 0.29) is 98.1 Å². The molecule has 109 heavy (non-hydrogen) atoms. The number of rotatable bonds is 29. The molecule has 4 aromatic rings. The van der Waals surface area contributed by atoms with Crippen molar-refractivity contribution in [2.24, 2.45) is 94.7 Å². The molecule has 15 atom stereocenters. The molecule has 31 nitrogen and oxygen atoms in total. The monoisotopic (exact) mass is 1570 g/mol. The molecule has 6 aliphatic rings. The number of aliphatic hydroxyl groups is 2. The summed E-state index contributed by atoms with van der Waals surface area (Å²) in [5.41, 5.74) is 37.9. The minimum atomic E-state index is -5.35. The molecule has 0 spiro atoms. The van der Waals surface area contributed by atoms with Crippen molar-refractivity contribution in [1.29, 1.82) is 5.26 Å². The van der Waals surface area contributed by atoms with Gasteiger partial charge in [-0.1, -0.05) is 36.4 Å². The smallest absolute Gasteiger partial charge is 0.308 e. The summed E-state index contributed by atoms with van der Waals surface area (Å²) >= 11 is 0.0230. The number of allylic oxidation sites excluding steroid dienone is 6. The first-order valence-corrected chi connectivity index (χ1v) is 38.5. The Bertz CT molecular complexity index is 4480. The fraction of sp³-hybridized carbons (Fsp3) is 0.513. The Morgan fingerprint density at radius 3 is 1.86 bits per heavy atom. The molecule has 2 unspecified atom stereocenters. The molecule has 2 fully saturated rings. The van der Waals surface area contributed by atoms with Crippen molar-refractivity contribution in [2.75, 3.05) is 23.8 Å². The Kier molecular flexibility index (Phi) is 25.7. The number of imidazole rings is 1. The molecule has 7 heterocycles. The number of urea groups is 1. The van der Waals surface area contributed by atoms with E-state index in [1.807, 2.05) is 114 Å². The zero-order valence-corrected chi connectivity index (χ0v) is 65.1. The van der Waals surface area contributed by atoms with E-state index < -0.39 is 143 Å². The molecular formula is C76H100CoN16O15P. The molecule has 0 saturated carbocycles. The van der Waals surface area contributed by atoms with Crippen LogP contribution in [0.2, 0.25) is 0 Å². The Balaban J connectivity index is 0.000000753. The number of carbonyl (C=O) groups is 8. The summed E-state index contributed by atoms with van der Waals surface area (Å²) in [5.74, 6) is -7.88. The number of para-hydroxylation sites is 2. The van der Waals surface area contributed by atoms with Crippen LogP contribution in [-0.4, -0.2) is 137 Å². The summed E-state index contributed by atoms with van der Waals surface area (Å²) in [4.78, 5) is 140. The molecule has 1 aromatic heterocycles. The number of aliphatic hydroxyl groups excluding tert-OH is 2. The number of anilines is 2. The number of ether oxygens (including phenoxy) is 1. The number of aliphatic imine (C=N–C) groups is 3. The summed E-state index contributed by atoms with van der Waals surface area (Å²) in [6, 6.07) is 21.0. The average molecular weight is 1570 g/mol. The fourth-order valence-electron chi connectivity index (χ4n) is 17.0. The number of primary amides is 6. The van der Waals surface area contributed by atoms with Gasteiger partial charge >= 0.3 is 423 Å². The van der Waals surface area contributed by atoms with Crippen LogP contribution in [0.4, 0.5) is 16.2 Å². The first-order valence-electron chi connectivity index (χ1n) is 36.1. The Hall–Kier alpha value is -9.29. The van der Waals surface area contributed by atoms with E-state index in [9.17, 15) is 63.3 Å². The van der Waals surface area contributed by atoms with Gasteiger partial charge in [0.05, 0.1) is 24.0 Å². The van der Waals surface area contributed by atoms with Crippen molar-refractivity contribution >= 4 is 94.7 Å². The van der Waals surface area contributed by atoms with Gasteiger partial charge in [0.2, 0.25) is 0 Å². The third-order valence-corrected chi connectivity index (χ3v) is 25.1. The number of nitrogens with two attached hydrogens (primary N) is 6. The number of fused-ring (bicyclic) bond motifs is 7. The Morgan fingerprint density at radius 2 is 1.31 bits per heavy atom. The molecular weight excluding hydrogens is 1470 g/mol. The predicted molar refractivity (Wildman–Crippen MR) is 401 cm³/mol. The first-order chi connectivity index (χ1) is 51.1. The summed E-state index contributed by atoms with van der Waals surface area (Å²) in [5, 5.41) is 43.4. The van der Waals surface area contributed by atoms with E-state index in [0.717, 1.165) is 22.5 Å². The van der Waals surface area contributed by atoms with Crippen LogP contribution < -0.4 is 55.2 Å². The molecule has 2 saturated heterocycles. The van der Waals surface area contributed by atoms with Crippen LogP contribution in [-0.2, 0) is 66.8 Å². The second-order valence-electron chi connectivity index (χ2n) is 30.6. The second kappa shape index (κ2) is 33.5. The Labute approximate surface area is 639 Å². The maximum atomic E-state index is 14.5. The second-order valence-corrected chi connectivity index (χ2v) is 32.8. The van der Waals surface area contributed by atoms with E-state index in [0.29, 0.717) is 56.4 Å². The number of nitriles is 1. The summed E-state index contributed by atoms with van der Waals surface area (Å²) in [6.45, 7) is 18.8. The molecule has 0 aliphatic carbocycles. The first kappa shape index (κ1) is 83.7. The molecule has 3 aromatic carbocycles. The van der Waals surface area contributed by atoms with Gasteiger partial charge in [0.1, 0.15) is 18.3 Å². The molecule has 6 aliphatic heterocycles. The van der Waals surface area contributed by atoms with Crippen LogP contribution in [0.3, 0.4) is 0 Å². The molecule has 33 heteroatoms. The number of aryl methyl sites for hydroxylation is 2. The topological polar surface area (TPSA) is 519 Å². The summed E-state index contributed by atoms with van der Waals surface area (Å²) in [7, 11) is -5.35. The molecule has 9 amide bonds. The van der Waals surface area contributed by atoms with E-state index in [1.54, 1.807) is 37.7 Å². The molecule has 0 radical (unpaired) electrons.